The number of hydrogen-bond donors (Lipinski definition) is 0. The van der Waals surface area contributed by atoms with Crippen molar-refractivity contribution in [2.75, 3.05) is 41.3 Å². The molecule has 0 fully saturated rings. The summed E-state index contributed by atoms with van der Waals surface area (Å²) in [5.74, 6) is -42.4. The zero-order chi connectivity index (χ0) is 46.8. The minimum atomic E-state index is -7.70. The lowest BCUT2D eigenvalue weighted by atomic mass is 9.70. The zero-order valence-electron chi connectivity index (χ0n) is 36.5. The molecule has 0 spiro atoms. The molecule has 4 aromatic rings. The first-order valence-electron chi connectivity index (χ1n) is 21.3. The predicted molar refractivity (Wildman–Crippen MR) is 225 cm³/mol. The van der Waals surface area contributed by atoms with Crippen LogP contribution < -0.4 is 0 Å². The Morgan fingerprint density at radius 3 is 1.32 bits per heavy atom. The quantitative estimate of drug-likeness (QED) is 0.0573. The summed E-state index contributed by atoms with van der Waals surface area (Å²) in [6.07, 6.45) is 9.08. The minimum absolute atomic E-state index is 0.175. The maximum Gasteiger partial charge on any atom is 0.385 e. The molecule has 0 radical (unpaired) electrons. The third kappa shape index (κ3) is 9.40. The predicted octanol–water partition coefficient (Wildman–Crippen LogP) is 14.7. The largest absolute Gasteiger partial charge is 0.385 e. The molecular weight excluding hydrogens is 845 g/mol. The standard InChI is InChI=1S/C49H56F12N2/c1-33-17-15-19-37(29-33)44(50,51)46(54,55)48(58,59)49(60,61)47(56,57)45(52,53)38-20-16-18-35(31-38)36-22-24-40-39-23-21-34(2)30-41(39)43(42(40)32-36,25-11-7-9-13-27-62(3)4)26-12-8-10-14-28-63(5)6/h15-24,29-32H,7-14,25-28H2,1-6H3. The zero-order valence-corrected chi connectivity index (χ0v) is 36.5. The van der Waals surface area contributed by atoms with Gasteiger partial charge in [0.1, 0.15) is 0 Å². The van der Waals surface area contributed by atoms with E-state index in [4.69, 9.17) is 0 Å². The summed E-state index contributed by atoms with van der Waals surface area (Å²) >= 11 is 0. The first-order chi connectivity index (χ1) is 29.3. The van der Waals surface area contributed by atoms with Gasteiger partial charge in [0.15, 0.2) is 0 Å². The van der Waals surface area contributed by atoms with Crippen molar-refractivity contribution in [3.8, 4) is 22.3 Å². The minimum Gasteiger partial charge on any atom is -0.309 e. The summed E-state index contributed by atoms with van der Waals surface area (Å²) in [5.41, 5.74) is 0.382. The van der Waals surface area contributed by atoms with Crippen LogP contribution in [0.4, 0.5) is 52.7 Å². The average molecular weight is 901 g/mol. The Bertz CT molecular complexity index is 2160. The molecule has 14 heteroatoms. The van der Waals surface area contributed by atoms with Crippen LogP contribution in [-0.2, 0) is 17.3 Å². The highest BCUT2D eigenvalue weighted by atomic mass is 19.4. The number of rotatable bonds is 22. The fraction of sp³-hybridized carbons (Fsp3) is 0.510. The van der Waals surface area contributed by atoms with Crippen LogP contribution in [0.15, 0.2) is 84.9 Å². The van der Waals surface area contributed by atoms with E-state index in [1.54, 1.807) is 18.2 Å². The molecule has 0 heterocycles. The van der Waals surface area contributed by atoms with E-state index in [1.807, 2.05) is 47.2 Å². The second-order valence-corrected chi connectivity index (χ2v) is 17.7. The smallest absolute Gasteiger partial charge is 0.309 e. The molecule has 2 nitrogen and oxygen atoms in total. The van der Waals surface area contributed by atoms with Crippen LogP contribution >= 0.6 is 0 Å². The van der Waals surface area contributed by atoms with Gasteiger partial charge in [-0.1, -0.05) is 116 Å². The summed E-state index contributed by atoms with van der Waals surface area (Å²) in [7, 11) is 8.04. The summed E-state index contributed by atoms with van der Waals surface area (Å²) in [5, 5.41) is 0. The van der Waals surface area contributed by atoms with E-state index in [9.17, 15) is 17.6 Å². The van der Waals surface area contributed by atoms with Crippen molar-refractivity contribution < 1.29 is 52.7 Å². The van der Waals surface area contributed by atoms with E-state index >= 15 is 35.1 Å². The van der Waals surface area contributed by atoms with Crippen molar-refractivity contribution in [2.45, 2.75) is 119 Å². The Balaban J connectivity index is 1.53. The Labute approximate surface area is 362 Å². The van der Waals surface area contributed by atoms with Gasteiger partial charge in [0.05, 0.1) is 0 Å². The molecule has 0 atom stereocenters. The Kier molecular flexibility index (Phi) is 14.9. The third-order valence-corrected chi connectivity index (χ3v) is 12.3. The van der Waals surface area contributed by atoms with Crippen molar-refractivity contribution in [3.63, 3.8) is 0 Å². The van der Waals surface area contributed by atoms with Gasteiger partial charge in [0, 0.05) is 16.5 Å². The monoisotopic (exact) mass is 900 g/mol. The molecule has 1 aliphatic carbocycles. The van der Waals surface area contributed by atoms with Gasteiger partial charge in [0.2, 0.25) is 0 Å². The van der Waals surface area contributed by atoms with Gasteiger partial charge in [-0.25, -0.2) is 0 Å². The number of halogens is 12. The van der Waals surface area contributed by atoms with E-state index in [0.29, 0.717) is 6.07 Å². The van der Waals surface area contributed by atoms with Crippen molar-refractivity contribution >= 4 is 0 Å². The second kappa shape index (κ2) is 18.8. The van der Waals surface area contributed by atoms with Gasteiger partial charge in [-0.15, -0.1) is 0 Å². The maximum atomic E-state index is 15.8. The Morgan fingerprint density at radius 1 is 0.413 bits per heavy atom. The number of aryl methyl sites for hydroxylation is 2. The summed E-state index contributed by atoms with van der Waals surface area (Å²) in [6.45, 7) is 4.96. The number of alkyl halides is 12. The number of nitrogens with zero attached hydrogens (tertiary/aromatic N) is 2. The molecule has 1 aliphatic rings. The lowest BCUT2D eigenvalue weighted by molar-refractivity contribution is -0.429. The molecule has 0 aliphatic heterocycles. The lowest BCUT2D eigenvalue weighted by Crippen LogP contribution is -2.69. The molecule has 0 bridgehead atoms. The topological polar surface area (TPSA) is 6.48 Å². The number of fused-ring (bicyclic) bond motifs is 3. The van der Waals surface area contributed by atoms with E-state index < -0.39 is 52.1 Å². The SMILES string of the molecule is Cc1cccc(C(F)(F)C(F)(F)C(F)(F)C(F)(F)C(F)(F)C(F)(F)c2cccc(-c3ccc4c(c3)C(CCCCCCN(C)C)(CCCCCCN(C)C)c3cc(C)ccc3-4)c2)c1. The molecule has 0 N–H and O–H groups in total. The molecule has 0 saturated carbocycles. The van der Waals surface area contributed by atoms with Crippen LogP contribution in [0.3, 0.4) is 0 Å². The van der Waals surface area contributed by atoms with Crippen LogP contribution in [0.5, 0.6) is 0 Å². The van der Waals surface area contributed by atoms with E-state index in [0.717, 1.165) is 130 Å². The summed E-state index contributed by atoms with van der Waals surface area (Å²) < 4.78 is 183. The fourth-order valence-electron chi connectivity index (χ4n) is 8.75. The van der Waals surface area contributed by atoms with Crippen molar-refractivity contribution in [1.29, 1.82) is 0 Å². The third-order valence-electron chi connectivity index (χ3n) is 12.3. The average Bonchev–Trinajstić information content (AvgIpc) is 3.47. The first kappa shape index (κ1) is 50.0. The summed E-state index contributed by atoms with van der Waals surface area (Å²) in [6, 6.07) is 16.3. The fourth-order valence-corrected chi connectivity index (χ4v) is 8.75. The number of hydrogen-bond acceptors (Lipinski definition) is 2. The van der Waals surface area contributed by atoms with Gasteiger partial charge in [-0.05, 0) is 132 Å². The van der Waals surface area contributed by atoms with Gasteiger partial charge < -0.3 is 9.80 Å². The first-order valence-corrected chi connectivity index (χ1v) is 21.3. The van der Waals surface area contributed by atoms with Crippen molar-refractivity contribution in [1.82, 2.24) is 9.80 Å². The van der Waals surface area contributed by atoms with E-state index in [2.05, 4.69) is 15.9 Å². The molecule has 5 rings (SSSR count). The lowest BCUT2D eigenvalue weighted by Gasteiger charge is -2.41. The highest BCUT2D eigenvalue weighted by Crippen LogP contribution is 2.64. The Morgan fingerprint density at radius 2 is 0.825 bits per heavy atom. The molecular formula is C49H56F12N2. The van der Waals surface area contributed by atoms with Crippen LogP contribution in [0.25, 0.3) is 22.3 Å². The van der Waals surface area contributed by atoms with Gasteiger partial charge in [-0.2, -0.15) is 52.7 Å². The van der Waals surface area contributed by atoms with Crippen LogP contribution in [0.1, 0.15) is 97.6 Å². The molecule has 0 saturated heterocycles. The van der Waals surface area contributed by atoms with Crippen molar-refractivity contribution in [3.05, 3.63) is 118 Å². The van der Waals surface area contributed by atoms with Crippen LogP contribution in [-0.4, -0.2) is 74.8 Å². The number of unbranched alkanes of at least 4 members (excludes halogenated alkanes) is 6. The summed E-state index contributed by atoms with van der Waals surface area (Å²) in [4.78, 5) is 4.23. The molecule has 0 unspecified atom stereocenters. The highest BCUT2D eigenvalue weighted by molar-refractivity contribution is 5.84. The van der Waals surface area contributed by atoms with Gasteiger partial charge >= 0.3 is 35.5 Å². The van der Waals surface area contributed by atoms with Gasteiger partial charge in [0.25, 0.3) is 0 Å². The van der Waals surface area contributed by atoms with E-state index in [-0.39, 0.29) is 34.9 Å². The van der Waals surface area contributed by atoms with E-state index in [1.165, 1.54) is 6.07 Å². The molecule has 4 aromatic carbocycles. The molecule has 0 aromatic heterocycles. The normalized spacial score (nSPS) is 14.7. The highest BCUT2D eigenvalue weighted by Gasteiger charge is 2.90. The number of benzene rings is 4. The molecule has 63 heavy (non-hydrogen) atoms. The Hall–Kier alpha value is -4.04. The van der Waals surface area contributed by atoms with Gasteiger partial charge in [-0.3, -0.25) is 0 Å². The molecule has 346 valence electrons. The van der Waals surface area contributed by atoms with Crippen LogP contribution in [0.2, 0.25) is 0 Å². The molecule has 0 amide bonds. The maximum absolute atomic E-state index is 15.8. The second-order valence-electron chi connectivity index (χ2n) is 17.7. The van der Waals surface area contributed by atoms with Crippen LogP contribution in [0, 0.1) is 13.8 Å². The van der Waals surface area contributed by atoms with Crippen molar-refractivity contribution in [2.24, 2.45) is 0 Å².